The van der Waals surface area contributed by atoms with Crippen molar-refractivity contribution in [1.82, 2.24) is 4.90 Å². The van der Waals surface area contributed by atoms with E-state index in [2.05, 4.69) is 4.90 Å². The first-order valence-corrected chi connectivity index (χ1v) is 6.05. The van der Waals surface area contributed by atoms with Crippen LogP contribution in [0.25, 0.3) is 0 Å². The molecule has 1 unspecified atom stereocenters. The maximum absolute atomic E-state index is 12.9. The van der Waals surface area contributed by atoms with Crippen molar-refractivity contribution in [2.75, 3.05) is 26.2 Å². The molecule has 0 radical (unpaired) electrons. The SMILES string of the molecule is NCC1CN(Cc2ccc(F)cc2Cl)CCO1. The molecule has 0 aromatic heterocycles. The zero-order chi connectivity index (χ0) is 12.3. The number of ether oxygens (including phenoxy) is 1. The predicted molar refractivity (Wildman–Crippen MR) is 65.5 cm³/mol. The minimum Gasteiger partial charge on any atom is -0.374 e. The Morgan fingerprint density at radius 2 is 2.35 bits per heavy atom. The van der Waals surface area contributed by atoms with E-state index in [1.165, 1.54) is 12.1 Å². The Kier molecular flexibility index (Phi) is 4.34. The fraction of sp³-hybridized carbons (Fsp3) is 0.500. The average Bonchev–Trinajstić information content (AvgIpc) is 2.33. The van der Waals surface area contributed by atoms with Crippen molar-refractivity contribution in [2.45, 2.75) is 12.6 Å². The lowest BCUT2D eigenvalue weighted by Gasteiger charge is -2.32. The van der Waals surface area contributed by atoms with Gasteiger partial charge in [-0.3, -0.25) is 4.90 Å². The first-order valence-electron chi connectivity index (χ1n) is 5.67. The van der Waals surface area contributed by atoms with E-state index in [-0.39, 0.29) is 11.9 Å². The van der Waals surface area contributed by atoms with E-state index in [0.29, 0.717) is 24.7 Å². The lowest BCUT2D eigenvalue weighted by Crippen LogP contribution is -2.45. The number of morpholine rings is 1. The number of benzene rings is 1. The summed E-state index contributed by atoms with van der Waals surface area (Å²) in [6.45, 7) is 3.56. The molecule has 1 aliphatic rings. The van der Waals surface area contributed by atoms with Crippen molar-refractivity contribution in [3.8, 4) is 0 Å². The van der Waals surface area contributed by atoms with Crippen LogP contribution in [0, 0.1) is 5.82 Å². The molecule has 0 spiro atoms. The quantitative estimate of drug-likeness (QED) is 0.896. The maximum Gasteiger partial charge on any atom is 0.124 e. The summed E-state index contributed by atoms with van der Waals surface area (Å²) in [5.74, 6) is -0.305. The normalized spacial score (nSPS) is 21.7. The molecule has 0 saturated carbocycles. The molecule has 1 aromatic rings. The molecule has 5 heteroatoms. The molecule has 2 N–H and O–H groups in total. The molecule has 0 amide bonds. The average molecular weight is 259 g/mol. The lowest BCUT2D eigenvalue weighted by atomic mass is 10.2. The van der Waals surface area contributed by atoms with Gasteiger partial charge in [-0.1, -0.05) is 17.7 Å². The third-order valence-electron chi connectivity index (χ3n) is 2.89. The Labute approximate surface area is 105 Å². The zero-order valence-electron chi connectivity index (χ0n) is 9.53. The van der Waals surface area contributed by atoms with Crippen LogP contribution >= 0.6 is 11.6 Å². The molecular weight excluding hydrogens is 243 g/mol. The number of nitrogens with zero attached hydrogens (tertiary/aromatic N) is 1. The second-order valence-corrected chi connectivity index (χ2v) is 4.61. The van der Waals surface area contributed by atoms with Crippen LogP contribution in [0.15, 0.2) is 18.2 Å². The van der Waals surface area contributed by atoms with Gasteiger partial charge in [-0.05, 0) is 17.7 Å². The third-order valence-corrected chi connectivity index (χ3v) is 3.25. The minimum atomic E-state index is -0.305. The summed E-state index contributed by atoms with van der Waals surface area (Å²) in [7, 11) is 0. The Morgan fingerprint density at radius 3 is 3.06 bits per heavy atom. The van der Waals surface area contributed by atoms with E-state index < -0.39 is 0 Å². The molecule has 17 heavy (non-hydrogen) atoms. The summed E-state index contributed by atoms with van der Waals surface area (Å²) in [6, 6.07) is 4.50. The predicted octanol–water partition coefficient (Wildman–Crippen LogP) is 1.64. The lowest BCUT2D eigenvalue weighted by molar-refractivity contribution is -0.0260. The van der Waals surface area contributed by atoms with Crippen LogP contribution in [-0.4, -0.2) is 37.2 Å². The monoisotopic (exact) mass is 258 g/mol. The summed E-state index contributed by atoms with van der Waals surface area (Å²) in [5.41, 5.74) is 6.52. The molecule has 1 heterocycles. The van der Waals surface area contributed by atoms with E-state index >= 15 is 0 Å². The Morgan fingerprint density at radius 1 is 1.53 bits per heavy atom. The molecule has 1 atom stereocenters. The van der Waals surface area contributed by atoms with Crippen molar-refractivity contribution in [3.05, 3.63) is 34.6 Å². The zero-order valence-corrected chi connectivity index (χ0v) is 10.3. The summed E-state index contributed by atoms with van der Waals surface area (Å²) in [4.78, 5) is 2.22. The van der Waals surface area contributed by atoms with Gasteiger partial charge in [-0.25, -0.2) is 4.39 Å². The van der Waals surface area contributed by atoms with Crippen molar-refractivity contribution in [3.63, 3.8) is 0 Å². The number of hydrogen-bond acceptors (Lipinski definition) is 3. The highest BCUT2D eigenvalue weighted by Gasteiger charge is 2.19. The highest BCUT2D eigenvalue weighted by atomic mass is 35.5. The van der Waals surface area contributed by atoms with Crippen molar-refractivity contribution < 1.29 is 9.13 Å². The maximum atomic E-state index is 12.9. The molecule has 1 aliphatic heterocycles. The molecule has 1 fully saturated rings. The van der Waals surface area contributed by atoms with Crippen LogP contribution in [0.1, 0.15) is 5.56 Å². The van der Waals surface area contributed by atoms with Crippen LogP contribution in [0.5, 0.6) is 0 Å². The van der Waals surface area contributed by atoms with Crippen LogP contribution < -0.4 is 5.73 Å². The standard InChI is InChI=1S/C12H16ClFN2O/c13-12-5-10(14)2-1-9(12)7-16-3-4-17-11(6-15)8-16/h1-2,5,11H,3-4,6-8,15H2. The summed E-state index contributed by atoms with van der Waals surface area (Å²) in [6.07, 6.45) is 0.0861. The number of nitrogens with two attached hydrogens (primary N) is 1. The largest absolute Gasteiger partial charge is 0.374 e. The smallest absolute Gasteiger partial charge is 0.124 e. The van der Waals surface area contributed by atoms with Gasteiger partial charge < -0.3 is 10.5 Å². The van der Waals surface area contributed by atoms with Gasteiger partial charge >= 0.3 is 0 Å². The second kappa shape index (κ2) is 5.78. The molecule has 1 saturated heterocycles. The van der Waals surface area contributed by atoms with Gasteiger partial charge in [0.2, 0.25) is 0 Å². The van der Waals surface area contributed by atoms with Crippen LogP contribution in [0.2, 0.25) is 5.02 Å². The highest BCUT2D eigenvalue weighted by molar-refractivity contribution is 6.31. The van der Waals surface area contributed by atoms with Crippen LogP contribution in [-0.2, 0) is 11.3 Å². The molecular formula is C12H16ClFN2O. The topological polar surface area (TPSA) is 38.5 Å². The Hall–Kier alpha value is -0.680. The Bertz CT molecular complexity index is 389. The van der Waals surface area contributed by atoms with Gasteiger partial charge in [0.1, 0.15) is 5.82 Å². The van der Waals surface area contributed by atoms with E-state index in [0.717, 1.165) is 18.7 Å². The van der Waals surface area contributed by atoms with E-state index in [9.17, 15) is 4.39 Å². The fourth-order valence-electron chi connectivity index (χ4n) is 1.96. The summed E-state index contributed by atoms with van der Waals surface area (Å²) < 4.78 is 18.4. The van der Waals surface area contributed by atoms with Crippen molar-refractivity contribution in [2.24, 2.45) is 5.73 Å². The first kappa shape index (κ1) is 12.8. The van der Waals surface area contributed by atoms with Crippen LogP contribution in [0.4, 0.5) is 4.39 Å². The number of hydrogen-bond donors (Lipinski definition) is 1. The van der Waals surface area contributed by atoms with Gasteiger partial charge in [-0.15, -0.1) is 0 Å². The molecule has 2 rings (SSSR count). The Balaban J connectivity index is 2.00. The number of rotatable bonds is 3. The van der Waals surface area contributed by atoms with Gasteiger partial charge in [-0.2, -0.15) is 0 Å². The van der Waals surface area contributed by atoms with Gasteiger partial charge in [0.25, 0.3) is 0 Å². The molecule has 3 nitrogen and oxygen atoms in total. The molecule has 94 valence electrons. The highest BCUT2D eigenvalue weighted by Crippen LogP contribution is 2.20. The first-order chi connectivity index (χ1) is 8.19. The van der Waals surface area contributed by atoms with E-state index in [4.69, 9.17) is 22.1 Å². The van der Waals surface area contributed by atoms with Crippen molar-refractivity contribution >= 4 is 11.6 Å². The van der Waals surface area contributed by atoms with Crippen molar-refractivity contribution in [1.29, 1.82) is 0 Å². The van der Waals surface area contributed by atoms with Gasteiger partial charge in [0.15, 0.2) is 0 Å². The fourth-order valence-corrected chi connectivity index (χ4v) is 2.18. The molecule has 0 aliphatic carbocycles. The molecule has 1 aromatic carbocycles. The van der Waals surface area contributed by atoms with E-state index in [1.54, 1.807) is 6.07 Å². The summed E-state index contributed by atoms with van der Waals surface area (Å²) in [5, 5.41) is 0.473. The van der Waals surface area contributed by atoms with E-state index in [1.807, 2.05) is 0 Å². The minimum absolute atomic E-state index is 0.0861. The van der Waals surface area contributed by atoms with Crippen LogP contribution in [0.3, 0.4) is 0 Å². The second-order valence-electron chi connectivity index (χ2n) is 4.20. The molecule has 0 bridgehead atoms. The van der Waals surface area contributed by atoms with Gasteiger partial charge in [0.05, 0.1) is 12.7 Å². The summed E-state index contributed by atoms with van der Waals surface area (Å²) >= 11 is 6.00. The number of halogens is 2. The third kappa shape index (κ3) is 3.39. The van der Waals surface area contributed by atoms with Gasteiger partial charge in [0, 0.05) is 31.2 Å².